The second kappa shape index (κ2) is 3.88. The lowest BCUT2D eigenvalue weighted by atomic mass is 10.1. The van der Waals surface area contributed by atoms with Crippen LogP contribution in [0.15, 0.2) is 24.3 Å². The van der Waals surface area contributed by atoms with Gasteiger partial charge >= 0.3 is 5.97 Å². The number of carboxylic acids is 1. The van der Waals surface area contributed by atoms with Crippen LogP contribution >= 0.6 is 0 Å². The predicted molar refractivity (Wildman–Crippen MR) is 40.8 cm³/mol. The summed E-state index contributed by atoms with van der Waals surface area (Å²) in [6.07, 6.45) is 0.649. The minimum atomic E-state index is -0.789. The van der Waals surface area contributed by atoms with Gasteiger partial charge in [0.15, 0.2) is 0 Å². The number of carbonyl (C=O) groups is 1. The maximum absolute atomic E-state index is 10.1. The average molecular weight is 140 g/mol. The Morgan fingerprint density at radius 2 is 1.90 bits per heavy atom. The molecule has 0 aromatic heterocycles. The third-order valence-electron chi connectivity index (χ3n) is 1.24. The SMILES string of the molecule is C=C(C)C(=C)CCC(=O)O. The smallest absolute Gasteiger partial charge is 0.303 e. The molecular weight excluding hydrogens is 128 g/mol. The number of aliphatic carboxylic acids is 1. The summed E-state index contributed by atoms with van der Waals surface area (Å²) in [6, 6.07) is 0. The standard InChI is InChI=1S/C8H12O2/c1-6(2)7(3)4-5-8(9)10/h1,3-5H2,2H3,(H,9,10). The first-order valence-corrected chi connectivity index (χ1v) is 3.09. The van der Waals surface area contributed by atoms with E-state index in [4.69, 9.17) is 5.11 Å². The van der Waals surface area contributed by atoms with Gasteiger partial charge in [0, 0.05) is 6.42 Å². The van der Waals surface area contributed by atoms with Gasteiger partial charge in [-0.2, -0.15) is 0 Å². The van der Waals surface area contributed by atoms with Crippen molar-refractivity contribution in [3.05, 3.63) is 24.3 Å². The molecule has 0 radical (unpaired) electrons. The van der Waals surface area contributed by atoms with Crippen molar-refractivity contribution in [3.8, 4) is 0 Å². The van der Waals surface area contributed by atoms with Crippen LogP contribution in [-0.2, 0) is 4.79 Å². The molecule has 0 heterocycles. The average Bonchev–Trinajstić information content (AvgIpc) is 1.82. The van der Waals surface area contributed by atoms with Crippen molar-refractivity contribution in [2.75, 3.05) is 0 Å². The van der Waals surface area contributed by atoms with Gasteiger partial charge in [0.2, 0.25) is 0 Å². The molecule has 0 spiro atoms. The molecule has 0 aromatic rings. The molecule has 2 nitrogen and oxygen atoms in total. The molecule has 0 aliphatic carbocycles. The number of rotatable bonds is 4. The van der Waals surface area contributed by atoms with Crippen LogP contribution in [0, 0.1) is 0 Å². The van der Waals surface area contributed by atoms with Gasteiger partial charge in [-0.3, -0.25) is 4.79 Å². The quantitative estimate of drug-likeness (QED) is 0.606. The zero-order valence-corrected chi connectivity index (χ0v) is 6.18. The molecule has 2 heteroatoms. The highest BCUT2D eigenvalue weighted by Crippen LogP contribution is 2.10. The Labute approximate surface area is 60.9 Å². The van der Waals surface area contributed by atoms with Crippen molar-refractivity contribution in [2.45, 2.75) is 19.8 Å². The van der Waals surface area contributed by atoms with Gasteiger partial charge in [-0.1, -0.05) is 24.3 Å². The summed E-state index contributed by atoms with van der Waals surface area (Å²) in [7, 11) is 0. The van der Waals surface area contributed by atoms with E-state index in [1.54, 1.807) is 0 Å². The monoisotopic (exact) mass is 140 g/mol. The van der Waals surface area contributed by atoms with Crippen LogP contribution < -0.4 is 0 Å². The van der Waals surface area contributed by atoms with E-state index in [1.165, 1.54) is 0 Å². The van der Waals surface area contributed by atoms with E-state index in [0.29, 0.717) is 6.42 Å². The van der Waals surface area contributed by atoms with Crippen LogP contribution in [0.2, 0.25) is 0 Å². The third kappa shape index (κ3) is 3.89. The molecule has 0 saturated carbocycles. The Balaban J connectivity index is 3.60. The Kier molecular flexibility index (Phi) is 3.47. The summed E-state index contributed by atoms with van der Waals surface area (Å²) in [6.45, 7) is 9.13. The third-order valence-corrected chi connectivity index (χ3v) is 1.24. The van der Waals surface area contributed by atoms with Crippen molar-refractivity contribution >= 4 is 5.97 Å². The highest BCUT2D eigenvalue weighted by molar-refractivity contribution is 5.67. The van der Waals surface area contributed by atoms with Gasteiger partial charge in [-0.15, -0.1) is 0 Å². The molecule has 0 unspecified atom stereocenters. The van der Waals surface area contributed by atoms with Gasteiger partial charge in [0.1, 0.15) is 0 Å². The molecule has 0 bridgehead atoms. The molecule has 0 amide bonds. The first-order chi connectivity index (χ1) is 4.54. The van der Waals surface area contributed by atoms with Gasteiger partial charge < -0.3 is 5.11 Å². The van der Waals surface area contributed by atoms with Crippen LogP contribution in [-0.4, -0.2) is 11.1 Å². The first-order valence-electron chi connectivity index (χ1n) is 3.09. The fourth-order valence-electron chi connectivity index (χ4n) is 0.471. The maximum atomic E-state index is 10.1. The highest BCUT2D eigenvalue weighted by atomic mass is 16.4. The zero-order chi connectivity index (χ0) is 8.15. The molecule has 0 aliphatic heterocycles. The minimum absolute atomic E-state index is 0.145. The molecule has 0 aliphatic rings. The second-order valence-electron chi connectivity index (χ2n) is 2.28. The Hall–Kier alpha value is -1.05. The second-order valence-corrected chi connectivity index (χ2v) is 2.28. The summed E-state index contributed by atoms with van der Waals surface area (Å²) in [5, 5.41) is 8.27. The van der Waals surface area contributed by atoms with Crippen molar-refractivity contribution in [3.63, 3.8) is 0 Å². The van der Waals surface area contributed by atoms with Crippen molar-refractivity contribution in [1.29, 1.82) is 0 Å². The Morgan fingerprint density at radius 3 is 2.20 bits per heavy atom. The first kappa shape index (κ1) is 8.95. The van der Waals surface area contributed by atoms with E-state index in [-0.39, 0.29) is 6.42 Å². The van der Waals surface area contributed by atoms with Crippen LogP contribution in [0.3, 0.4) is 0 Å². The van der Waals surface area contributed by atoms with E-state index < -0.39 is 5.97 Å². The van der Waals surface area contributed by atoms with Gasteiger partial charge in [-0.25, -0.2) is 0 Å². The number of hydrogen-bond donors (Lipinski definition) is 1. The van der Waals surface area contributed by atoms with E-state index in [2.05, 4.69) is 13.2 Å². The van der Waals surface area contributed by atoms with E-state index in [9.17, 15) is 4.79 Å². The number of carboxylic acid groups (broad SMARTS) is 1. The molecule has 56 valence electrons. The molecule has 0 saturated heterocycles. The number of allylic oxidation sites excluding steroid dienone is 2. The van der Waals surface area contributed by atoms with Crippen molar-refractivity contribution < 1.29 is 9.90 Å². The zero-order valence-electron chi connectivity index (χ0n) is 6.18. The van der Waals surface area contributed by atoms with E-state index in [1.807, 2.05) is 6.92 Å². The molecular formula is C8H12O2. The molecule has 0 aromatic carbocycles. The highest BCUT2D eigenvalue weighted by Gasteiger charge is 1.99. The van der Waals surface area contributed by atoms with Crippen molar-refractivity contribution in [2.24, 2.45) is 0 Å². The molecule has 10 heavy (non-hydrogen) atoms. The maximum Gasteiger partial charge on any atom is 0.303 e. The molecule has 0 rings (SSSR count). The topological polar surface area (TPSA) is 37.3 Å². The lowest BCUT2D eigenvalue weighted by molar-refractivity contribution is -0.136. The lowest BCUT2D eigenvalue weighted by Gasteiger charge is -2.00. The number of hydrogen-bond acceptors (Lipinski definition) is 1. The molecule has 1 N–H and O–H groups in total. The lowest BCUT2D eigenvalue weighted by Crippen LogP contribution is -1.95. The van der Waals surface area contributed by atoms with Gasteiger partial charge in [0.25, 0.3) is 0 Å². The normalized spacial score (nSPS) is 8.90. The Morgan fingerprint density at radius 1 is 1.40 bits per heavy atom. The van der Waals surface area contributed by atoms with E-state index in [0.717, 1.165) is 11.1 Å². The minimum Gasteiger partial charge on any atom is -0.481 e. The summed E-state index contributed by atoms with van der Waals surface area (Å²) >= 11 is 0. The summed E-state index contributed by atoms with van der Waals surface area (Å²) in [4.78, 5) is 10.1. The van der Waals surface area contributed by atoms with Gasteiger partial charge in [-0.05, 0) is 13.3 Å². The van der Waals surface area contributed by atoms with Crippen LogP contribution in [0.1, 0.15) is 19.8 Å². The fraction of sp³-hybridized carbons (Fsp3) is 0.375. The Bertz CT molecular complexity index is 168. The molecule has 0 fully saturated rings. The fourth-order valence-corrected chi connectivity index (χ4v) is 0.471. The summed E-state index contributed by atoms with van der Waals surface area (Å²) < 4.78 is 0. The summed E-state index contributed by atoms with van der Waals surface area (Å²) in [5.74, 6) is -0.789. The van der Waals surface area contributed by atoms with E-state index >= 15 is 0 Å². The van der Waals surface area contributed by atoms with Crippen molar-refractivity contribution in [1.82, 2.24) is 0 Å². The van der Waals surface area contributed by atoms with Crippen LogP contribution in [0.4, 0.5) is 0 Å². The largest absolute Gasteiger partial charge is 0.481 e. The van der Waals surface area contributed by atoms with Crippen LogP contribution in [0.25, 0.3) is 0 Å². The summed E-state index contributed by atoms with van der Waals surface area (Å²) in [5.41, 5.74) is 1.68. The van der Waals surface area contributed by atoms with Crippen LogP contribution in [0.5, 0.6) is 0 Å². The van der Waals surface area contributed by atoms with Gasteiger partial charge in [0.05, 0.1) is 0 Å². The predicted octanol–water partition coefficient (Wildman–Crippen LogP) is 1.98. The molecule has 0 atom stereocenters.